The maximum atomic E-state index is 13.0. The molecule has 1 heterocycles. The van der Waals surface area contributed by atoms with Crippen LogP contribution in [-0.4, -0.2) is 14.7 Å². The standard InChI is InChI=1S/C14H17FN2O/c1-10-9-11(15)3-4-12(10)13(18)5-6-14-16-7-8-17(14)2/h3-4,7-9,13,18H,5-6H2,1-2H3. The van der Waals surface area contributed by atoms with Crippen LogP contribution in [0.15, 0.2) is 30.6 Å². The van der Waals surface area contributed by atoms with Crippen LogP contribution < -0.4 is 0 Å². The molecule has 96 valence electrons. The summed E-state index contributed by atoms with van der Waals surface area (Å²) in [6.07, 6.45) is 4.32. The van der Waals surface area contributed by atoms with Gasteiger partial charge in [-0.2, -0.15) is 0 Å². The highest BCUT2D eigenvalue weighted by Crippen LogP contribution is 2.22. The number of halogens is 1. The molecule has 3 nitrogen and oxygen atoms in total. The number of aliphatic hydroxyl groups is 1. The van der Waals surface area contributed by atoms with E-state index in [0.29, 0.717) is 12.8 Å². The fraction of sp³-hybridized carbons (Fsp3) is 0.357. The number of hydrogen-bond acceptors (Lipinski definition) is 2. The molecule has 1 aromatic heterocycles. The van der Waals surface area contributed by atoms with Crippen LogP contribution in [-0.2, 0) is 13.5 Å². The highest BCUT2D eigenvalue weighted by atomic mass is 19.1. The number of imidazole rings is 1. The van der Waals surface area contributed by atoms with Gasteiger partial charge in [0.2, 0.25) is 0 Å². The molecule has 1 N–H and O–H groups in total. The van der Waals surface area contributed by atoms with Gasteiger partial charge in [-0.05, 0) is 36.6 Å². The quantitative estimate of drug-likeness (QED) is 0.903. The molecule has 2 aromatic rings. The third-order valence-corrected chi connectivity index (χ3v) is 3.15. The number of hydrogen-bond donors (Lipinski definition) is 1. The van der Waals surface area contributed by atoms with Crippen LogP contribution in [0.2, 0.25) is 0 Å². The van der Waals surface area contributed by atoms with E-state index in [2.05, 4.69) is 4.98 Å². The molecular formula is C14H17FN2O. The van der Waals surface area contributed by atoms with Crippen LogP contribution in [0.5, 0.6) is 0 Å². The molecule has 0 fully saturated rings. The lowest BCUT2D eigenvalue weighted by Crippen LogP contribution is -2.05. The monoisotopic (exact) mass is 248 g/mol. The first-order valence-electron chi connectivity index (χ1n) is 5.98. The van der Waals surface area contributed by atoms with Crippen molar-refractivity contribution in [1.82, 2.24) is 9.55 Å². The Bertz CT molecular complexity index is 536. The molecule has 0 amide bonds. The Balaban J connectivity index is 2.03. The second kappa shape index (κ2) is 5.31. The van der Waals surface area contributed by atoms with E-state index >= 15 is 0 Å². The summed E-state index contributed by atoms with van der Waals surface area (Å²) in [6, 6.07) is 4.47. The second-order valence-electron chi connectivity index (χ2n) is 4.51. The average molecular weight is 248 g/mol. The lowest BCUT2D eigenvalue weighted by Gasteiger charge is -2.13. The van der Waals surface area contributed by atoms with Gasteiger partial charge in [-0.3, -0.25) is 0 Å². The molecule has 0 bridgehead atoms. The Morgan fingerprint density at radius 3 is 2.83 bits per heavy atom. The Hall–Kier alpha value is -1.68. The van der Waals surface area contributed by atoms with Crippen LogP contribution in [0.4, 0.5) is 4.39 Å². The van der Waals surface area contributed by atoms with Crippen molar-refractivity contribution in [2.75, 3.05) is 0 Å². The van der Waals surface area contributed by atoms with Gasteiger partial charge in [0.1, 0.15) is 11.6 Å². The molecule has 0 radical (unpaired) electrons. The molecule has 0 saturated carbocycles. The summed E-state index contributed by atoms with van der Waals surface area (Å²) in [5, 5.41) is 10.1. The first-order chi connectivity index (χ1) is 8.58. The minimum Gasteiger partial charge on any atom is -0.388 e. The Morgan fingerprint density at radius 2 is 2.22 bits per heavy atom. The molecule has 0 aliphatic rings. The molecule has 0 saturated heterocycles. The van der Waals surface area contributed by atoms with Crippen LogP contribution in [0.1, 0.15) is 29.5 Å². The van der Waals surface area contributed by atoms with Crippen molar-refractivity contribution >= 4 is 0 Å². The van der Waals surface area contributed by atoms with E-state index in [4.69, 9.17) is 0 Å². The van der Waals surface area contributed by atoms with E-state index < -0.39 is 6.10 Å². The fourth-order valence-electron chi connectivity index (χ4n) is 2.07. The van der Waals surface area contributed by atoms with Crippen molar-refractivity contribution in [1.29, 1.82) is 0 Å². The smallest absolute Gasteiger partial charge is 0.123 e. The van der Waals surface area contributed by atoms with Gasteiger partial charge in [0, 0.05) is 25.9 Å². The van der Waals surface area contributed by atoms with Gasteiger partial charge in [-0.15, -0.1) is 0 Å². The van der Waals surface area contributed by atoms with Crippen molar-refractivity contribution < 1.29 is 9.50 Å². The maximum Gasteiger partial charge on any atom is 0.123 e. The summed E-state index contributed by atoms with van der Waals surface area (Å²) in [4.78, 5) is 4.21. The summed E-state index contributed by atoms with van der Waals surface area (Å²) in [6.45, 7) is 1.81. The van der Waals surface area contributed by atoms with Gasteiger partial charge < -0.3 is 9.67 Å². The van der Waals surface area contributed by atoms with Crippen LogP contribution >= 0.6 is 0 Å². The third kappa shape index (κ3) is 2.76. The van der Waals surface area contributed by atoms with Crippen LogP contribution in [0.3, 0.4) is 0 Å². The molecule has 0 spiro atoms. The summed E-state index contributed by atoms with van der Waals surface area (Å²) >= 11 is 0. The van der Waals surface area contributed by atoms with Crippen molar-refractivity contribution in [3.05, 3.63) is 53.4 Å². The Kier molecular flexibility index (Phi) is 3.77. The van der Waals surface area contributed by atoms with E-state index in [9.17, 15) is 9.50 Å². The maximum absolute atomic E-state index is 13.0. The zero-order valence-electron chi connectivity index (χ0n) is 10.6. The summed E-state index contributed by atoms with van der Waals surface area (Å²) in [7, 11) is 1.93. The van der Waals surface area contributed by atoms with E-state index in [-0.39, 0.29) is 5.82 Å². The summed E-state index contributed by atoms with van der Waals surface area (Å²) in [5.41, 5.74) is 1.56. The zero-order valence-corrected chi connectivity index (χ0v) is 10.6. The number of aryl methyl sites for hydroxylation is 3. The van der Waals surface area contributed by atoms with Gasteiger partial charge in [0.25, 0.3) is 0 Å². The number of aromatic nitrogens is 2. The fourth-order valence-corrected chi connectivity index (χ4v) is 2.07. The highest BCUT2D eigenvalue weighted by molar-refractivity contribution is 5.28. The van der Waals surface area contributed by atoms with E-state index in [1.165, 1.54) is 12.1 Å². The van der Waals surface area contributed by atoms with Gasteiger partial charge >= 0.3 is 0 Å². The van der Waals surface area contributed by atoms with Crippen molar-refractivity contribution in [2.45, 2.75) is 25.9 Å². The topological polar surface area (TPSA) is 38.1 Å². The molecule has 18 heavy (non-hydrogen) atoms. The molecule has 1 aromatic carbocycles. The summed E-state index contributed by atoms with van der Waals surface area (Å²) < 4.78 is 14.9. The lowest BCUT2D eigenvalue weighted by atomic mass is 10.00. The predicted molar refractivity (Wildman–Crippen MR) is 67.6 cm³/mol. The predicted octanol–water partition coefficient (Wildman–Crippen LogP) is 2.53. The normalized spacial score (nSPS) is 12.7. The minimum absolute atomic E-state index is 0.271. The van der Waals surface area contributed by atoms with Crippen molar-refractivity contribution in [3.8, 4) is 0 Å². The lowest BCUT2D eigenvalue weighted by molar-refractivity contribution is 0.166. The number of benzene rings is 1. The molecule has 1 unspecified atom stereocenters. The first kappa shape index (κ1) is 12.8. The number of aliphatic hydroxyl groups excluding tert-OH is 1. The SMILES string of the molecule is Cc1cc(F)ccc1C(O)CCc1nccn1C. The van der Waals surface area contributed by atoms with Crippen molar-refractivity contribution in [2.24, 2.45) is 7.05 Å². The first-order valence-corrected chi connectivity index (χ1v) is 5.98. The molecule has 1 atom stereocenters. The van der Waals surface area contributed by atoms with Gasteiger partial charge in [-0.1, -0.05) is 6.07 Å². The number of nitrogens with zero attached hydrogens (tertiary/aromatic N) is 2. The van der Waals surface area contributed by atoms with Gasteiger partial charge in [0.05, 0.1) is 6.10 Å². The second-order valence-corrected chi connectivity index (χ2v) is 4.51. The number of rotatable bonds is 4. The Morgan fingerprint density at radius 1 is 1.44 bits per heavy atom. The van der Waals surface area contributed by atoms with Crippen LogP contribution in [0.25, 0.3) is 0 Å². The van der Waals surface area contributed by atoms with Crippen LogP contribution in [0, 0.1) is 12.7 Å². The zero-order chi connectivity index (χ0) is 13.1. The van der Waals surface area contributed by atoms with Gasteiger partial charge in [-0.25, -0.2) is 9.37 Å². The molecular weight excluding hydrogens is 231 g/mol. The summed E-state index contributed by atoms with van der Waals surface area (Å²) in [5.74, 6) is 0.668. The van der Waals surface area contributed by atoms with Crippen molar-refractivity contribution in [3.63, 3.8) is 0 Å². The van der Waals surface area contributed by atoms with E-state index in [0.717, 1.165) is 17.0 Å². The third-order valence-electron chi connectivity index (χ3n) is 3.15. The molecule has 2 rings (SSSR count). The van der Waals surface area contributed by atoms with E-state index in [1.54, 1.807) is 12.3 Å². The molecule has 4 heteroatoms. The van der Waals surface area contributed by atoms with E-state index in [1.807, 2.05) is 24.7 Å². The highest BCUT2D eigenvalue weighted by Gasteiger charge is 2.12. The molecule has 0 aliphatic heterocycles. The largest absolute Gasteiger partial charge is 0.388 e. The molecule has 0 aliphatic carbocycles. The van der Waals surface area contributed by atoms with Gasteiger partial charge in [0.15, 0.2) is 0 Å². The Labute approximate surface area is 106 Å². The minimum atomic E-state index is -0.581. The average Bonchev–Trinajstić information content (AvgIpc) is 2.72.